The van der Waals surface area contributed by atoms with E-state index in [1.165, 1.54) is 11.5 Å². The van der Waals surface area contributed by atoms with Gasteiger partial charge >= 0.3 is 0 Å². The zero-order valence-corrected chi connectivity index (χ0v) is 10.4. The molecule has 0 bridgehead atoms. The van der Waals surface area contributed by atoms with Crippen molar-refractivity contribution in [1.29, 1.82) is 0 Å². The van der Waals surface area contributed by atoms with Gasteiger partial charge in [-0.2, -0.15) is 0 Å². The summed E-state index contributed by atoms with van der Waals surface area (Å²) in [7, 11) is 0. The fraction of sp³-hybridized carbons (Fsp3) is 0.273. The van der Waals surface area contributed by atoms with Gasteiger partial charge in [0.05, 0.1) is 18.3 Å². The molecule has 2 aromatic rings. The summed E-state index contributed by atoms with van der Waals surface area (Å²) in [4.78, 5) is 20.1. The highest BCUT2D eigenvalue weighted by atomic mass is 32.1. The summed E-state index contributed by atoms with van der Waals surface area (Å²) in [5.74, 6) is 0.473. The third kappa shape index (κ3) is 3.07. The van der Waals surface area contributed by atoms with Crippen molar-refractivity contribution < 1.29 is 4.79 Å². The zero-order chi connectivity index (χ0) is 12.3. The SMILES string of the molecule is Cc1cc(C)nc(CNC(=O)c2cnsc2)n1. The quantitative estimate of drug-likeness (QED) is 0.893. The predicted octanol–water partition coefficient (Wildman–Crippen LogP) is 1.48. The highest BCUT2D eigenvalue weighted by molar-refractivity contribution is 7.03. The molecule has 1 amide bonds. The molecule has 1 N–H and O–H groups in total. The minimum absolute atomic E-state index is 0.151. The number of carbonyl (C=O) groups is 1. The van der Waals surface area contributed by atoms with Gasteiger partial charge in [0.15, 0.2) is 0 Å². The summed E-state index contributed by atoms with van der Waals surface area (Å²) in [6.45, 7) is 4.14. The van der Waals surface area contributed by atoms with Gasteiger partial charge in [0.2, 0.25) is 0 Å². The van der Waals surface area contributed by atoms with Crippen LogP contribution < -0.4 is 5.32 Å². The minimum Gasteiger partial charge on any atom is -0.345 e. The molecule has 0 radical (unpaired) electrons. The Morgan fingerprint density at radius 1 is 1.35 bits per heavy atom. The van der Waals surface area contributed by atoms with Crippen molar-refractivity contribution in [1.82, 2.24) is 19.7 Å². The summed E-state index contributed by atoms with van der Waals surface area (Å²) in [5.41, 5.74) is 2.37. The van der Waals surface area contributed by atoms with Crippen molar-refractivity contribution in [2.75, 3.05) is 0 Å². The third-order valence-electron chi connectivity index (χ3n) is 2.13. The van der Waals surface area contributed by atoms with E-state index in [1.807, 2.05) is 19.9 Å². The topological polar surface area (TPSA) is 67.8 Å². The summed E-state index contributed by atoms with van der Waals surface area (Å²) in [6.07, 6.45) is 1.54. The molecule has 0 atom stereocenters. The van der Waals surface area contributed by atoms with E-state index in [2.05, 4.69) is 19.7 Å². The smallest absolute Gasteiger partial charge is 0.254 e. The van der Waals surface area contributed by atoms with Gasteiger partial charge in [-0.15, -0.1) is 0 Å². The molecule has 2 heterocycles. The van der Waals surface area contributed by atoms with Crippen molar-refractivity contribution in [3.63, 3.8) is 0 Å². The number of carbonyl (C=O) groups excluding carboxylic acids is 1. The first kappa shape index (κ1) is 11.7. The first-order valence-corrected chi connectivity index (χ1v) is 5.97. The van der Waals surface area contributed by atoms with E-state index in [0.29, 0.717) is 17.9 Å². The zero-order valence-electron chi connectivity index (χ0n) is 9.60. The largest absolute Gasteiger partial charge is 0.345 e. The highest BCUT2D eigenvalue weighted by Crippen LogP contribution is 2.02. The molecule has 2 aromatic heterocycles. The number of amides is 1. The number of aromatic nitrogens is 3. The van der Waals surface area contributed by atoms with E-state index in [9.17, 15) is 4.79 Å². The van der Waals surface area contributed by atoms with Gasteiger partial charge in [-0.25, -0.2) is 14.3 Å². The van der Waals surface area contributed by atoms with Crippen LogP contribution in [-0.2, 0) is 6.54 Å². The molecule has 0 aliphatic rings. The average Bonchev–Trinajstić information content (AvgIpc) is 2.78. The summed E-state index contributed by atoms with van der Waals surface area (Å²) < 4.78 is 3.88. The van der Waals surface area contributed by atoms with Gasteiger partial charge in [0, 0.05) is 16.8 Å². The van der Waals surface area contributed by atoms with Crippen molar-refractivity contribution in [2.24, 2.45) is 0 Å². The molecular weight excluding hydrogens is 236 g/mol. The summed E-state index contributed by atoms with van der Waals surface area (Å²) in [6, 6.07) is 1.90. The van der Waals surface area contributed by atoms with Crippen LogP contribution in [0.4, 0.5) is 0 Å². The maximum absolute atomic E-state index is 11.6. The van der Waals surface area contributed by atoms with Crippen molar-refractivity contribution in [3.05, 3.63) is 40.4 Å². The molecule has 0 saturated carbocycles. The van der Waals surface area contributed by atoms with E-state index < -0.39 is 0 Å². The van der Waals surface area contributed by atoms with Crippen LogP contribution in [0, 0.1) is 13.8 Å². The molecule has 2 rings (SSSR count). The molecule has 0 fully saturated rings. The molecule has 0 aliphatic heterocycles. The number of nitrogens with zero attached hydrogens (tertiary/aromatic N) is 3. The Morgan fingerprint density at radius 2 is 2.06 bits per heavy atom. The number of hydrogen-bond donors (Lipinski definition) is 1. The maximum atomic E-state index is 11.6. The minimum atomic E-state index is -0.151. The van der Waals surface area contributed by atoms with E-state index >= 15 is 0 Å². The number of aryl methyl sites for hydroxylation is 2. The van der Waals surface area contributed by atoms with Crippen molar-refractivity contribution in [2.45, 2.75) is 20.4 Å². The van der Waals surface area contributed by atoms with Crippen LogP contribution >= 0.6 is 11.5 Å². The number of rotatable bonds is 3. The maximum Gasteiger partial charge on any atom is 0.254 e. The summed E-state index contributed by atoms with van der Waals surface area (Å²) in [5, 5.41) is 4.46. The molecule has 5 nitrogen and oxygen atoms in total. The Morgan fingerprint density at radius 3 is 2.65 bits per heavy atom. The average molecular weight is 248 g/mol. The van der Waals surface area contributed by atoms with Gasteiger partial charge in [0.25, 0.3) is 5.91 Å². The Kier molecular flexibility index (Phi) is 3.43. The molecule has 0 spiro atoms. The van der Waals surface area contributed by atoms with Crippen LogP contribution in [0.15, 0.2) is 17.6 Å². The lowest BCUT2D eigenvalue weighted by molar-refractivity contribution is 0.0950. The lowest BCUT2D eigenvalue weighted by Gasteiger charge is -2.04. The molecule has 17 heavy (non-hydrogen) atoms. The van der Waals surface area contributed by atoms with Crippen LogP contribution in [0.2, 0.25) is 0 Å². The molecule has 0 aromatic carbocycles. The van der Waals surface area contributed by atoms with Gasteiger partial charge in [-0.3, -0.25) is 4.79 Å². The van der Waals surface area contributed by atoms with Crippen LogP contribution in [0.1, 0.15) is 27.6 Å². The van der Waals surface area contributed by atoms with Crippen LogP contribution in [-0.4, -0.2) is 20.2 Å². The fourth-order valence-electron chi connectivity index (χ4n) is 1.46. The molecule has 0 unspecified atom stereocenters. The van der Waals surface area contributed by atoms with E-state index in [4.69, 9.17) is 0 Å². The molecule has 0 aliphatic carbocycles. The summed E-state index contributed by atoms with van der Waals surface area (Å²) >= 11 is 1.25. The normalized spacial score (nSPS) is 10.2. The number of nitrogens with one attached hydrogen (secondary N) is 1. The molecule has 0 saturated heterocycles. The Balaban J connectivity index is 2.00. The second-order valence-electron chi connectivity index (χ2n) is 3.66. The molecular formula is C11H12N4OS. The second-order valence-corrected chi connectivity index (χ2v) is 4.32. The lowest BCUT2D eigenvalue weighted by Crippen LogP contribution is -2.23. The monoisotopic (exact) mass is 248 g/mol. The second kappa shape index (κ2) is 5.01. The predicted molar refractivity (Wildman–Crippen MR) is 64.8 cm³/mol. The van der Waals surface area contributed by atoms with Crippen molar-refractivity contribution in [3.8, 4) is 0 Å². The Hall–Kier alpha value is -1.82. The molecule has 6 heteroatoms. The van der Waals surface area contributed by atoms with Gasteiger partial charge in [0.1, 0.15) is 5.82 Å². The third-order valence-corrected chi connectivity index (χ3v) is 2.72. The first-order valence-electron chi connectivity index (χ1n) is 5.14. The first-order chi connectivity index (χ1) is 8.15. The van der Waals surface area contributed by atoms with E-state index in [1.54, 1.807) is 11.6 Å². The van der Waals surface area contributed by atoms with Crippen molar-refractivity contribution >= 4 is 17.4 Å². The Bertz CT molecular complexity index is 504. The highest BCUT2D eigenvalue weighted by Gasteiger charge is 2.07. The number of hydrogen-bond acceptors (Lipinski definition) is 5. The lowest BCUT2D eigenvalue weighted by atomic mass is 10.3. The van der Waals surface area contributed by atoms with Gasteiger partial charge in [-0.05, 0) is 31.4 Å². The Labute approximate surface area is 103 Å². The molecule has 88 valence electrons. The van der Waals surface area contributed by atoms with E-state index in [-0.39, 0.29) is 5.91 Å². The van der Waals surface area contributed by atoms with Crippen LogP contribution in [0.5, 0.6) is 0 Å². The van der Waals surface area contributed by atoms with Crippen LogP contribution in [0.25, 0.3) is 0 Å². The van der Waals surface area contributed by atoms with Crippen LogP contribution in [0.3, 0.4) is 0 Å². The van der Waals surface area contributed by atoms with Gasteiger partial charge in [-0.1, -0.05) is 0 Å². The fourth-order valence-corrected chi connectivity index (χ4v) is 1.97. The standard InChI is InChI=1S/C11H12N4OS/c1-7-3-8(2)15-10(14-7)5-12-11(16)9-4-13-17-6-9/h3-4,6H,5H2,1-2H3,(H,12,16). The van der Waals surface area contributed by atoms with E-state index in [0.717, 1.165) is 11.4 Å². The van der Waals surface area contributed by atoms with Gasteiger partial charge < -0.3 is 5.32 Å².